The Morgan fingerprint density at radius 2 is 1.84 bits per heavy atom. The molecule has 3 fully saturated rings. The van der Waals surface area contributed by atoms with Crippen molar-refractivity contribution >= 4 is 5.96 Å². The lowest BCUT2D eigenvalue weighted by molar-refractivity contribution is 0.242. The first-order valence-corrected chi connectivity index (χ1v) is 10.4. The summed E-state index contributed by atoms with van der Waals surface area (Å²) in [6.07, 6.45) is 8.19. The van der Waals surface area contributed by atoms with Crippen molar-refractivity contribution in [2.75, 3.05) is 66.5 Å². The van der Waals surface area contributed by atoms with Crippen molar-refractivity contribution in [1.82, 2.24) is 25.3 Å². The highest BCUT2D eigenvalue weighted by molar-refractivity contribution is 5.80. The second-order valence-electron chi connectivity index (χ2n) is 8.06. The standard InChI is InChI=1S/C19H38N6/c1-20-19(21-9-13-24-11-5-10-23(2)14-15-24)22-17-8-12-25(16-17)18-6-3-4-7-18/h17-18H,3-16H2,1-2H3,(H2,20,21,22). The zero-order valence-electron chi connectivity index (χ0n) is 16.3. The van der Waals surface area contributed by atoms with E-state index < -0.39 is 0 Å². The number of aliphatic imine (C=N–C) groups is 1. The maximum absolute atomic E-state index is 4.44. The third-order valence-electron chi connectivity index (χ3n) is 6.16. The van der Waals surface area contributed by atoms with Gasteiger partial charge in [0, 0.05) is 58.4 Å². The minimum absolute atomic E-state index is 0.554. The predicted octanol–water partition coefficient (Wildman–Crippen LogP) is 0.806. The molecule has 2 aliphatic heterocycles. The largest absolute Gasteiger partial charge is 0.355 e. The van der Waals surface area contributed by atoms with Gasteiger partial charge in [0.15, 0.2) is 5.96 Å². The lowest BCUT2D eigenvalue weighted by atomic mass is 10.2. The van der Waals surface area contributed by atoms with Crippen molar-refractivity contribution in [3.8, 4) is 0 Å². The van der Waals surface area contributed by atoms with Gasteiger partial charge in [0.2, 0.25) is 0 Å². The van der Waals surface area contributed by atoms with Crippen molar-refractivity contribution in [1.29, 1.82) is 0 Å². The topological polar surface area (TPSA) is 46.1 Å². The summed E-state index contributed by atoms with van der Waals surface area (Å²) in [7, 11) is 4.11. The average molecular weight is 351 g/mol. The molecular weight excluding hydrogens is 312 g/mol. The van der Waals surface area contributed by atoms with Gasteiger partial charge in [-0.2, -0.15) is 0 Å². The highest BCUT2D eigenvalue weighted by Crippen LogP contribution is 2.26. The number of hydrogen-bond donors (Lipinski definition) is 2. The smallest absolute Gasteiger partial charge is 0.191 e. The number of nitrogens with one attached hydrogen (secondary N) is 2. The van der Waals surface area contributed by atoms with E-state index in [9.17, 15) is 0 Å². The molecule has 1 unspecified atom stereocenters. The van der Waals surface area contributed by atoms with Gasteiger partial charge in [0.05, 0.1) is 0 Å². The van der Waals surface area contributed by atoms with Gasteiger partial charge in [-0.25, -0.2) is 0 Å². The Kier molecular flexibility index (Phi) is 7.37. The van der Waals surface area contributed by atoms with E-state index in [4.69, 9.17) is 0 Å². The van der Waals surface area contributed by atoms with Crippen LogP contribution in [0.15, 0.2) is 4.99 Å². The molecule has 1 aliphatic carbocycles. The number of nitrogens with zero attached hydrogens (tertiary/aromatic N) is 4. The molecule has 25 heavy (non-hydrogen) atoms. The summed E-state index contributed by atoms with van der Waals surface area (Å²) < 4.78 is 0. The Bertz CT molecular complexity index is 420. The van der Waals surface area contributed by atoms with Crippen LogP contribution in [-0.4, -0.2) is 99.2 Å². The quantitative estimate of drug-likeness (QED) is 0.567. The Morgan fingerprint density at radius 3 is 2.64 bits per heavy atom. The third-order valence-corrected chi connectivity index (χ3v) is 6.16. The molecule has 0 aromatic rings. The number of rotatable bonds is 5. The van der Waals surface area contributed by atoms with E-state index in [1.807, 2.05) is 7.05 Å². The lowest BCUT2D eigenvalue weighted by Crippen LogP contribution is -2.47. The van der Waals surface area contributed by atoms with Gasteiger partial charge in [-0.1, -0.05) is 12.8 Å². The molecule has 1 saturated carbocycles. The fourth-order valence-electron chi connectivity index (χ4n) is 4.55. The summed E-state index contributed by atoms with van der Waals surface area (Å²) >= 11 is 0. The van der Waals surface area contributed by atoms with Crippen LogP contribution >= 0.6 is 0 Å². The molecule has 3 rings (SSSR count). The number of guanidine groups is 1. The molecule has 0 amide bonds. The molecule has 6 heteroatoms. The predicted molar refractivity (Wildman–Crippen MR) is 105 cm³/mol. The summed E-state index contributed by atoms with van der Waals surface area (Å²) in [4.78, 5) is 12.1. The summed E-state index contributed by atoms with van der Waals surface area (Å²) in [6.45, 7) is 9.33. The van der Waals surface area contributed by atoms with E-state index in [2.05, 4.69) is 37.4 Å². The highest BCUT2D eigenvalue weighted by atomic mass is 15.3. The first-order valence-electron chi connectivity index (χ1n) is 10.4. The fourth-order valence-corrected chi connectivity index (χ4v) is 4.55. The van der Waals surface area contributed by atoms with Crippen LogP contribution in [0.1, 0.15) is 38.5 Å². The molecule has 0 spiro atoms. The lowest BCUT2D eigenvalue weighted by Gasteiger charge is -2.24. The highest BCUT2D eigenvalue weighted by Gasteiger charge is 2.30. The van der Waals surface area contributed by atoms with Crippen LogP contribution in [0.25, 0.3) is 0 Å². The molecule has 0 radical (unpaired) electrons. The molecule has 2 saturated heterocycles. The van der Waals surface area contributed by atoms with Crippen LogP contribution in [0.5, 0.6) is 0 Å². The van der Waals surface area contributed by atoms with Crippen molar-refractivity contribution in [2.24, 2.45) is 4.99 Å². The summed E-state index contributed by atoms with van der Waals surface area (Å²) in [6, 6.07) is 1.40. The molecule has 3 aliphatic rings. The normalized spacial score (nSPS) is 28.4. The maximum atomic E-state index is 4.44. The molecule has 0 aromatic carbocycles. The van der Waals surface area contributed by atoms with Crippen molar-refractivity contribution in [2.45, 2.75) is 50.6 Å². The summed E-state index contributed by atoms with van der Waals surface area (Å²) in [5.41, 5.74) is 0. The van der Waals surface area contributed by atoms with Crippen LogP contribution in [0.4, 0.5) is 0 Å². The van der Waals surface area contributed by atoms with Crippen LogP contribution in [0.2, 0.25) is 0 Å². The first kappa shape index (κ1) is 18.9. The van der Waals surface area contributed by atoms with Gasteiger partial charge in [0.25, 0.3) is 0 Å². The average Bonchev–Trinajstić information content (AvgIpc) is 3.25. The Hall–Kier alpha value is -0.850. The summed E-state index contributed by atoms with van der Waals surface area (Å²) in [5.74, 6) is 0.977. The van der Waals surface area contributed by atoms with Crippen molar-refractivity contribution in [3.63, 3.8) is 0 Å². The molecule has 2 N–H and O–H groups in total. The van der Waals surface area contributed by atoms with Gasteiger partial charge in [-0.3, -0.25) is 9.89 Å². The van der Waals surface area contributed by atoms with Crippen molar-refractivity contribution < 1.29 is 0 Å². The Labute approximate surface area is 154 Å². The Balaban J connectivity index is 1.34. The SMILES string of the molecule is CN=C(NCCN1CCCN(C)CC1)NC1CCN(C2CCCC2)C1. The van der Waals surface area contributed by atoms with Gasteiger partial charge >= 0.3 is 0 Å². The summed E-state index contributed by atoms with van der Waals surface area (Å²) in [5, 5.41) is 7.17. The van der Waals surface area contributed by atoms with E-state index in [0.717, 1.165) is 25.1 Å². The fraction of sp³-hybridized carbons (Fsp3) is 0.947. The minimum atomic E-state index is 0.554. The molecule has 6 nitrogen and oxygen atoms in total. The number of likely N-dealkylation sites (tertiary alicyclic amines) is 1. The van der Waals surface area contributed by atoms with Gasteiger partial charge < -0.3 is 20.4 Å². The number of hydrogen-bond acceptors (Lipinski definition) is 4. The molecule has 0 bridgehead atoms. The Morgan fingerprint density at radius 1 is 1.00 bits per heavy atom. The van der Waals surface area contributed by atoms with E-state index in [1.54, 1.807) is 0 Å². The van der Waals surface area contributed by atoms with Crippen LogP contribution in [0, 0.1) is 0 Å². The minimum Gasteiger partial charge on any atom is -0.355 e. The van der Waals surface area contributed by atoms with E-state index in [-0.39, 0.29) is 0 Å². The molecule has 0 aromatic heterocycles. The van der Waals surface area contributed by atoms with Gasteiger partial charge in [-0.05, 0) is 45.8 Å². The van der Waals surface area contributed by atoms with E-state index in [1.165, 1.54) is 77.8 Å². The van der Waals surface area contributed by atoms with Crippen LogP contribution in [0.3, 0.4) is 0 Å². The van der Waals surface area contributed by atoms with Crippen molar-refractivity contribution in [3.05, 3.63) is 0 Å². The molecular formula is C19H38N6. The molecule has 1 atom stereocenters. The second kappa shape index (κ2) is 9.74. The zero-order chi connectivity index (χ0) is 17.5. The van der Waals surface area contributed by atoms with E-state index in [0.29, 0.717) is 6.04 Å². The molecule has 2 heterocycles. The molecule has 144 valence electrons. The van der Waals surface area contributed by atoms with Gasteiger partial charge in [-0.15, -0.1) is 0 Å². The first-order chi connectivity index (χ1) is 12.2. The van der Waals surface area contributed by atoms with E-state index >= 15 is 0 Å². The zero-order valence-corrected chi connectivity index (χ0v) is 16.3. The van der Waals surface area contributed by atoms with Crippen LogP contribution in [-0.2, 0) is 0 Å². The van der Waals surface area contributed by atoms with Crippen LogP contribution < -0.4 is 10.6 Å². The second-order valence-corrected chi connectivity index (χ2v) is 8.06. The maximum Gasteiger partial charge on any atom is 0.191 e. The number of likely N-dealkylation sites (N-methyl/N-ethyl adjacent to an activating group) is 1. The van der Waals surface area contributed by atoms with Gasteiger partial charge in [0.1, 0.15) is 0 Å². The monoisotopic (exact) mass is 350 g/mol. The third kappa shape index (κ3) is 5.83.